The average molecular weight is 434 g/mol. The van der Waals surface area contributed by atoms with Crippen LogP contribution in [0, 0.1) is 6.92 Å². The van der Waals surface area contributed by atoms with Gasteiger partial charge in [0.25, 0.3) is 0 Å². The smallest absolute Gasteiger partial charge is 0.348 e. The fraction of sp³-hybridized carbons (Fsp3) is 0.684. The first kappa shape index (κ1) is 23.7. The highest BCUT2D eigenvalue weighted by atomic mass is 32.2. The molecule has 28 heavy (non-hydrogen) atoms. The number of hydrogen-bond acceptors (Lipinski definition) is 6. The third-order valence-electron chi connectivity index (χ3n) is 4.48. The molecule has 0 radical (unpaired) electrons. The Balaban J connectivity index is 2.10. The molecule has 2 rings (SSSR count). The predicted octanol–water partition coefficient (Wildman–Crippen LogP) is 4.13. The lowest BCUT2D eigenvalue weighted by Gasteiger charge is -2.28. The van der Waals surface area contributed by atoms with Crippen molar-refractivity contribution in [3.8, 4) is 0 Å². The molecular formula is C19H32NO6PS. The van der Waals surface area contributed by atoms with Gasteiger partial charge in [-0.15, -0.1) is 0 Å². The minimum atomic E-state index is -3.48. The first-order chi connectivity index (χ1) is 13.3. The number of hydrogen-bond donors (Lipinski definition) is 1. The molecule has 1 aliphatic rings. The van der Waals surface area contributed by atoms with Gasteiger partial charge in [0.15, 0.2) is 5.79 Å². The van der Waals surface area contributed by atoms with E-state index in [9.17, 15) is 8.77 Å². The quantitative estimate of drug-likeness (QED) is 0.499. The van der Waals surface area contributed by atoms with Crippen LogP contribution in [0.1, 0.15) is 45.6 Å². The Bertz CT molecular complexity index is 668. The highest BCUT2D eigenvalue weighted by Gasteiger charge is 2.38. The summed E-state index contributed by atoms with van der Waals surface area (Å²) < 4.78 is 51.4. The van der Waals surface area contributed by atoms with Crippen molar-refractivity contribution in [3.63, 3.8) is 0 Å². The molecule has 1 saturated heterocycles. The van der Waals surface area contributed by atoms with Gasteiger partial charge in [-0.2, -0.15) is 0 Å². The van der Waals surface area contributed by atoms with Crippen molar-refractivity contribution in [2.45, 2.75) is 63.4 Å². The standard InChI is InChI=1S/C19H32NO6PS/c1-5-25-27(21,26-6-2)18(8-7-13-19(4)23-14-15-24-19)20-28(22)17-11-9-16(3)10-12-17/h9-12,18,20H,5-8,13-15H2,1-4H3/t18-,28+/m1/s1. The van der Waals surface area contributed by atoms with Crippen LogP contribution in [-0.2, 0) is 34.1 Å². The summed E-state index contributed by atoms with van der Waals surface area (Å²) >= 11 is 0. The zero-order valence-corrected chi connectivity index (χ0v) is 18.9. The first-order valence-corrected chi connectivity index (χ1v) is 12.5. The summed E-state index contributed by atoms with van der Waals surface area (Å²) in [7, 11) is -5.02. The number of ether oxygens (including phenoxy) is 2. The van der Waals surface area contributed by atoms with E-state index >= 15 is 0 Å². The molecule has 0 aliphatic carbocycles. The zero-order chi connectivity index (χ0) is 20.6. The monoisotopic (exact) mass is 433 g/mol. The van der Waals surface area contributed by atoms with Gasteiger partial charge >= 0.3 is 7.60 Å². The van der Waals surface area contributed by atoms with Crippen LogP contribution in [0.2, 0.25) is 0 Å². The number of nitrogens with one attached hydrogen (secondary N) is 1. The molecule has 0 spiro atoms. The Hall–Kier alpha value is -0.600. The molecule has 1 N–H and O–H groups in total. The molecule has 9 heteroatoms. The third kappa shape index (κ3) is 6.73. The van der Waals surface area contributed by atoms with Crippen LogP contribution < -0.4 is 4.72 Å². The third-order valence-corrected chi connectivity index (χ3v) is 8.25. The SMILES string of the molecule is CCOP(=O)(OCC)[C@H](CCCC1(C)OCCO1)N[S@@](=O)c1ccc(C)cc1. The molecule has 160 valence electrons. The maximum Gasteiger partial charge on any atom is 0.348 e. The average Bonchev–Trinajstić information content (AvgIpc) is 3.08. The van der Waals surface area contributed by atoms with E-state index in [0.717, 1.165) is 5.56 Å². The molecule has 1 aromatic rings. The summed E-state index contributed by atoms with van der Waals surface area (Å²) in [5, 5.41) is 0. The summed E-state index contributed by atoms with van der Waals surface area (Å²) in [6.07, 6.45) is 1.75. The van der Waals surface area contributed by atoms with Gasteiger partial charge in [-0.3, -0.25) is 4.57 Å². The largest absolute Gasteiger partial charge is 0.348 e. The van der Waals surface area contributed by atoms with E-state index < -0.39 is 30.2 Å². The van der Waals surface area contributed by atoms with E-state index in [0.29, 0.717) is 37.4 Å². The minimum Gasteiger partial charge on any atom is -0.348 e. The second kappa shape index (κ2) is 11.0. The lowest BCUT2D eigenvalue weighted by atomic mass is 10.1. The first-order valence-electron chi connectivity index (χ1n) is 9.73. The van der Waals surface area contributed by atoms with Crippen LogP contribution in [0.4, 0.5) is 0 Å². The Morgan fingerprint density at radius 3 is 2.29 bits per heavy atom. The topological polar surface area (TPSA) is 83.1 Å². The van der Waals surface area contributed by atoms with E-state index in [1.165, 1.54) is 0 Å². The van der Waals surface area contributed by atoms with Crippen molar-refractivity contribution >= 4 is 18.6 Å². The van der Waals surface area contributed by atoms with E-state index in [2.05, 4.69) is 4.72 Å². The van der Waals surface area contributed by atoms with Crippen LogP contribution in [0.15, 0.2) is 29.2 Å². The Morgan fingerprint density at radius 2 is 1.75 bits per heavy atom. The molecule has 0 aromatic heterocycles. The van der Waals surface area contributed by atoms with Crippen LogP contribution in [-0.4, -0.2) is 42.2 Å². The molecular weight excluding hydrogens is 401 g/mol. The molecule has 0 bridgehead atoms. The maximum absolute atomic E-state index is 13.3. The molecule has 1 fully saturated rings. The molecule has 1 aliphatic heterocycles. The van der Waals surface area contributed by atoms with Gasteiger partial charge in [0.05, 0.1) is 31.3 Å². The van der Waals surface area contributed by atoms with E-state index in [4.69, 9.17) is 18.5 Å². The molecule has 7 nitrogen and oxygen atoms in total. The molecule has 0 saturated carbocycles. The molecule has 1 heterocycles. The summed E-state index contributed by atoms with van der Waals surface area (Å²) in [5.41, 5.74) is 1.08. The van der Waals surface area contributed by atoms with Gasteiger partial charge in [0, 0.05) is 6.42 Å². The maximum atomic E-state index is 13.3. The Morgan fingerprint density at radius 1 is 1.18 bits per heavy atom. The van der Waals surface area contributed by atoms with Gasteiger partial charge in [0.2, 0.25) is 0 Å². The summed E-state index contributed by atoms with van der Waals surface area (Å²) in [4.78, 5) is 0.615. The van der Waals surface area contributed by atoms with E-state index in [-0.39, 0.29) is 13.2 Å². The molecule has 1 aromatic carbocycles. The fourth-order valence-corrected chi connectivity index (χ4v) is 6.37. The van der Waals surface area contributed by atoms with E-state index in [1.807, 2.05) is 26.0 Å². The van der Waals surface area contributed by atoms with Gasteiger partial charge in [-0.25, -0.2) is 8.93 Å². The van der Waals surface area contributed by atoms with Gasteiger partial charge in [-0.05, 0) is 52.7 Å². The highest BCUT2D eigenvalue weighted by molar-refractivity contribution is 7.83. The summed E-state index contributed by atoms with van der Waals surface area (Å²) in [5.74, 6) is -1.32. The second-order valence-corrected chi connectivity index (χ2v) is 10.3. The van der Waals surface area contributed by atoms with Gasteiger partial charge in [-0.1, -0.05) is 17.7 Å². The van der Waals surface area contributed by atoms with E-state index in [1.54, 1.807) is 26.0 Å². The summed E-state index contributed by atoms with van der Waals surface area (Å²) in [6, 6.07) is 7.38. The lowest BCUT2D eigenvalue weighted by molar-refractivity contribution is -0.147. The Labute approximate surface area is 170 Å². The van der Waals surface area contributed by atoms with Crippen LogP contribution in [0.5, 0.6) is 0 Å². The zero-order valence-electron chi connectivity index (χ0n) is 17.1. The highest BCUT2D eigenvalue weighted by Crippen LogP contribution is 2.54. The van der Waals surface area contributed by atoms with Crippen molar-refractivity contribution in [3.05, 3.63) is 29.8 Å². The lowest BCUT2D eigenvalue weighted by Crippen LogP contribution is -2.33. The van der Waals surface area contributed by atoms with Gasteiger partial charge in [0.1, 0.15) is 16.8 Å². The predicted molar refractivity (Wildman–Crippen MR) is 110 cm³/mol. The molecule has 0 unspecified atom stereocenters. The van der Waals surface area contributed by atoms with Crippen molar-refractivity contribution in [2.24, 2.45) is 0 Å². The minimum absolute atomic E-state index is 0.247. The van der Waals surface area contributed by atoms with Crippen molar-refractivity contribution < 1.29 is 27.3 Å². The van der Waals surface area contributed by atoms with Crippen LogP contribution >= 0.6 is 7.60 Å². The summed E-state index contributed by atoms with van der Waals surface area (Å²) in [6.45, 7) is 9.04. The number of benzene rings is 1. The molecule has 2 atom stereocenters. The second-order valence-electron chi connectivity index (χ2n) is 6.81. The fourth-order valence-electron chi connectivity index (χ4n) is 3.03. The normalized spacial score (nSPS) is 18.9. The number of rotatable bonds is 12. The Kier molecular flexibility index (Phi) is 9.28. The van der Waals surface area contributed by atoms with Crippen LogP contribution in [0.25, 0.3) is 0 Å². The molecule has 0 amide bonds. The van der Waals surface area contributed by atoms with Crippen LogP contribution in [0.3, 0.4) is 0 Å². The van der Waals surface area contributed by atoms with Crippen molar-refractivity contribution in [1.82, 2.24) is 4.72 Å². The van der Waals surface area contributed by atoms with Crippen molar-refractivity contribution in [1.29, 1.82) is 0 Å². The number of aryl methyl sites for hydroxylation is 1. The van der Waals surface area contributed by atoms with Crippen molar-refractivity contribution in [2.75, 3.05) is 26.4 Å². The van der Waals surface area contributed by atoms with Gasteiger partial charge < -0.3 is 18.5 Å².